The van der Waals surface area contributed by atoms with Crippen LogP contribution in [0.5, 0.6) is 0 Å². The highest BCUT2D eigenvalue weighted by Crippen LogP contribution is 2.27. The smallest absolute Gasteiger partial charge is 0.274 e. The van der Waals surface area contributed by atoms with Gasteiger partial charge in [0.05, 0.1) is 22.9 Å². The Bertz CT molecular complexity index is 1880. The second-order valence-corrected chi connectivity index (χ2v) is 9.07. The average Bonchev–Trinajstić information content (AvgIpc) is 3.49. The minimum Gasteiger partial charge on any atom is -0.368 e. The maximum atomic E-state index is 14.1. The normalized spacial score (nSPS) is 11.1. The molecule has 0 saturated heterocycles. The molecule has 0 aliphatic heterocycles. The lowest BCUT2D eigenvalue weighted by Gasteiger charge is -2.16. The summed E-state index contributed by atoms with van der Waals surface area (Å²) in [6.07, 6.45) is 4.29. The van der Waals surface area contributed by atoms with Crippen molar-refractivity contribution in [2.75, 3.05) is 11.9 Å². The molecule has 3 heterocycles. The van der Waals surface area contributed by atoms with Crippen molar-refractivity contribution < 1.29 is 10.0 Å². The van der Waals surface area contributed by atoms with Crippen molar-refractivity contribution in [1.29, 1.82) is 0 Å². The van der Waals surface area contributed by atoms with Crippen LogP contribution < -0.4 is 16.4 Å². The van der Waals surface area contributed by atoms with Gasteiger partial charge in [-0.15, -0.1) is 0 Å². The van der Waals surface area contributed by atoms with Gasteiger partial charge in [0.15, 0.2) is 11.5 Å². The lowest BCUT2D eigenvalue weighted by atomic mass is 9.99. The van der Waals surface area contributed by atoms with Crippen molar-refractivity contribution in [3.63, 3.8) is 0 Å². The van der Waals surface area contributed by atoms with E-state index >= 15 is 0 Å². The Morgan fingerprint density at radius 3 is 2.58 bits per heavy atom. The predicted octanol–water partition coefficient (Wildman–Crippen LogP) is 3.88. The number of hydrogen-bond acceptors (Lipinski definition) is 8. The molecule has 0 aliphatic rings. The van der Waals surface area contributed by atoms with Gasteiger partial charge in [-0.25, -0.2) is 25.4 Å². The summed E-state index contributed by atoms with van der Waals surface area (Å²) in [7, 11) is 0. The predicted molar refractivity (Wildman–Crippen MR) is 151 cm³/mol. The zero-order valence-electron chi connectivity index (χ0n) is 21.2. The number of H-pyrrole nitrogens is 1. The Labute approximate surface area is 227 Å². The lowest BCUT2D eigenvalue weighted by molar-refractivity contribution is 0.0706. The highest BCUT2D eigenvalue weighted by molar-refractivity contribution is 5.96. The molecule has 3 aromatic carbocycles. The number of anilines is 1. The van der Waals surface area contributed by atoms with Crippen molar-refractivity contribution in [3.05, 3.63) is 107 Å². The number of hydroxylamine groups is 1. The Kier molecular flexibility index (Phi) is 6.69. The van der Waals surface area contributed by atoms with Crippen molar-refractivity contribution >= 4 is 33.8 Å². The SMILES string of the molecule is O=C(NO)c1ccc(-c2cccc3nc(CCCNc4ncnc5[nH]cnc45)n(-c4ccccc4)c(=O)c23)cc1. The number of aryl methyl sites for hydroxylation is 1. The summed E-state index contributed by atoms with van der Waals surface area (Å²) in [5.74, 6) is 0.681. The molecule has 0 atom stereocenters. The molecule has 0 fully saturated rings. The number of para-hydroxylation sites is 1. The largest absolute Gasteiger partial charge is 0.368 e. The van der Waals surface area contributed by atoms with Crippen LogP contribution in [0.15, 0.2) is 90.2 Å². The second-order valence-electron chi connectivity index (χ2n) is 9.07. The van der Waals surface area contributed by atoms with Crippen LogP contribution in [-0.4, -0.2) is 47.1 Å². The summed E-state index contributed by atoms with van der Waals surface area (Å²) in [4.78, 5) is 46.5. The lowest BCUT2D eigenvalue weighted by Crippen LogP contribution is -2.25. The monoisotopic (exact) mass is 532 g/mol. The van der Waals surface area contributed by atoms with Gasteiger partial charge in [-0.2, -0.15) is 0 Å². The number of aromatic nitrogens is 6. The summed E-state index contributed by atoms with van der Waals surface area (Å²) in [6.45, 7) is 0.593. The van der Waals surface area contributed by atoms with E-state index < -0.39 is 5.91 Å². The molecule has 11 heteroatoms. The standard InChI is InChI=1S/C29H24N8O3/c38-28(36-40)19-13-11-18(12-14-19)21-8-4-9-22-24(21)29(39)37(20-6-2-1-3-7-20)23(35-22)10-5-15-30-26-25-27(32-16-31-25)34-17-33-26/h1-4,6-9,11-14,16-17,40H,5,10,15H2,(H,36,38)(H2,30,31,32,33,34). The molecule has 198 valence electrons. The van der Waals surface area contributed by atoms with Gasteiger partial charge in [-0.3, -0.25) is 19.4 Å². The van der Waals surface area contributed by atoms with Crippen LogP contribution in [0.3, 0.4) is 0 Å². The molecular formula is C29H24N8O3. The second kappa shape index (κ2) is 10.8. The van der Waals surface area contributed by atoms with Crippen molar-refractivity contribution in [2.45, 2.75) is 12.8 Å². The molecule has 0 aliphatic carbocycles. The van der Waals surface area contributed by atoms with Gasteiger partial charge >= 0.3 is 0 Å². The van der Waals surface area contributed by atoms with E-state index in [9.17, 15) is 9.59 Å². The van der Waals surface area contributed by atoms with Gasteiger partial charge in [0.1, 0.15) is 17.7 Å². The van der Waals surface area contributed by atoms with Crippen molar-refractivity contribution in [3.8, 4) is 16.8 Å². The number of fused-ring (bicyclic) bond motifs is 2. The number of carbonyl (C=O) groups excluding carboxylic acids is 1. The van der Waals surface area contributed by atoms with E-state index in [1.165, 1.54) is 6.33 Å². The van der Waals surface area contributed by atoms with E-state index in [-0.39, 0.29) is 5.56 Å². The number of carbonyl (C=O) groups is 1. The number of imidazole rings is 1. The summed E-state index contributed by atoms with van der Waals surface area (Å²) in [5.41, 5.74) is 5.86. The van der Waals surface area contributed by atoms with E-state index in [0.29, 0.717) is 64.2 Å². The zero-order chi connectivity index (χ0) is 27.5. The fourth-order valence-corrected chi connectivity index (χ4v) is 4.74. The zero-order valence-corrected chi connectivity index (χ0v) is 21.2. The molecule has 6 rings (SSSR count). The number of rotatable bonds is 8. The molecule has 0 bridgehead atoms. The molecule has 0 saturated carbocycles. The molecular weight excluding hydrogens is 508 g/mol. The van der Waals surface area contributed by atoms with E-state index in [4.69, 9.17) is 10.2 Å². The Morgan fingerprint density at radius 1 is 0.950 bits per heavy atom. The number of benzene rings is 3. The third-order valence-electron chi connectivity index (χ3n) is 6.63. The van der Waals surface area contributed by atoms with Crippen LogP contribution in [0.25, 0.3) is 38.9 Å². The van der Waals surface area contributed by atoms with Gasteiger partial charge in [0.2, 0.25) is 0 Å². The summed E-state index contributed by atoms with van der Waals surface area (Å²) in [6, 6.07) is 21.7. The third kappa shape index (κ3) is 4.65. The van der Waals surface area contributed by atoms with Crippen LogP contribution in [-0.2, 0) is 6.42 Å². The summed E-state index contributed by atoms with van der Waals surface area (Å²) < 4.78 is 1.66. The van der Waals surface area contributed by atoms with E-state index in [1.54, 1.807) is 40.6 Å². The fourth-order valence-electron chi connectivity index (χ4n) is 4.74. The fraction of sp³-hybridized carbons (Fsp3) is 0.103. The Morgan fingerprint density at radius 2 is 1.77 bits per heavy atom. The minimum atomic E-state index is -0.606. The maximum Gasteiger partial charge on any atom is 0.274 e. The molecule has 3 aromatic heterocycles. The van der Waals surface area contributed by atoms with Gasteiger partial charge in [0, 0.05) is 18.5 Å². The molecule has 11 nitrogen and oxygen atoms in total. The van der Waals surface area contributed by atoms with Crippen LogP contribution in [0, 0.1) is 0 Å². The maximum absolute atomic E-state index is 14.1. The molecule has 6 aromatic rings. The number of hydrogen-bond donors (Lipinski definition) is 4. The first-order valence-electron chi connectivity index (χ1n) is 12.7. The molecule has 0 radical (unpaired) electrons. The summed E-state index contributed by atoms with van der Waals surface area (Å²) in [5, 5.41) is 12.7. The molecule has 40 heavy (non-hydrogen) atoms. The topological polar surface area (TPSA) is 151 Å². The third-order valence-corrected chi connectivity index (χ3v) is 6.63. The first kappa shape index (κ1) is 24.9. The number of nitrogens with one attached hydrogen (secondary N) is 3. The van der Waals surface area contributed by atoms with Crippen molar-refractivity contribution in [1.82, 2.24) is 35.0 Å². The quantitative estimate of drug-likeness (QED) is 0.131. The number of aromatic amines is 1. The highest BCUT2D eigenvalue weighted by Gasteiger charge is 2.17. The van der Waals surface area contributed by atoms with Gasteiger partial charge in [0.25, 0.3) is 11.5 Å². The average molecular weight is 533 g/mol. The van der Waals surface area contributed by atoms with Crippen LogP contribution in [0.4, 0.5) is 5.82 Å². The molecule has 0 unspecified atom stereocenters. The Balaban J connectivity index is 1.36. The van der Waals surface area contributed by atoms with Gasteiger partial charge < -0.3 is 10.3 Å². The van der Waals surface area contributed by atoms with E-state index in [2.05, 4.69) is 25.3 Å². The highest BCUT2D eigenvalue weighted by atomic mass is 16.5. The van der Waals surface area contributed by atoms with Crippen molar-refractivity contribution in [2.24, 2.45) is 0 Å². The van der Waals surface area contributed by atoms with Crippen LogP contribution in [0.1, 0.15) is 22.6 Å². The first-order valence-corrected chi connectivity index (χ1v) is 12.7. The first-order chi connectivity index (χ1) is 19.6. The summed E-state index contributed by atoms with van der Waals surface area (Å²) >= 11 is 0. The van der Waals surface area contributed by atoms with Gasteiger partial charge in [-0.05, 0) is 47.9 Å². The van der Waals surface area contributed by atoms with E-state index in [0.717, 1.165) is 11.3 Å². The molecule has 0 spiro atoms. The molecule has 1 amide bonds. The number of nitrogens with zero attached hydrogens (tertiary/aromatic N) is 5. The molecule has 4 N–H and O–H groups in total. The minimum absolute atomic E-state index is 0.180. The van der Waals surface area contributed by atoms with Crippen LogP contribution in [0.2, 0.25) is 0 Å². The van der Waals surface area contributed by atoms with Crippen LogP contribution >= 0.6 is 0 Å². The van der Waals surface area contributed by atoms with E-state index in [1.807, 2.05) is 48.5 Å². The number of amides is 1. The Hall–Kier alpha value is -5.42. The van der Waals surface area contributed by atoms with Gasteiger partial charge in [-0.1, -0.05) is 42.5 Å².